The maximum atomic E-state index is 12.3. The largest absolute Gasteiger partial charge is 0.478 e. The van der Waals surface area contributed by atoms with Crippen LogP contribution in [0.2, 0.25) is 5.02 Å². The third kappa shape index (κ3) is 4.02. The number of carbonyl (C=O) groups is 2. The minimum absolute atomic E-state index is 0.159. The topological polar surface area (TPSA) is 94.8 Å². The lowest BCUT2D eigenvalue weighted by atomic mass is 10.1. The highest BCUT2D eigenvalue weighted by Crippen LogP contribution is 2.30. The van der Waals surface area contributed by atoms with Gasteiger partial charge in [-0.25, -0.2) is 4.79 Å². The second kappa shape index (κ2) is 8.20. The summed E-state index contributed by atoms with van der Waals surface area (Å²) in [4.78, 5) is 36.4. The molecule has 0 fully saturated rings. The summed E-state index contributed by atoms with van der Waals surface area (Å²) in [7, 11) is 0. The fourth-order valence-electron chi connectivity index (χ4n) is 3.27. The Morgan fingerprint density at radius 1 is 1.17 bits per heavy atom. The van der Waals surface area contributed by atoms with E-state index in [1.807, 2.05) is 6.92 Å². The number of carbonyl (C=O) groups excluding carboxylic acids is 2. The number of rotatable bonds is 5. The Labute approximate surface area is 176 Å². The molecule has 0 saturated carbocycles. The number of nitrogens with one attached hydrogen (secondary N) is 1. The zero-order valence-corrected chi connectivity index (χ0v) is 16.8. The van der Waals surface area contributed by atoms with Gasteiger partial charge in [-0.3, -0.25) is 9.59 Å². The monoisotopic (exact) mass is 427 g/mol. The lowest BCUT2D eigenvalue weighted by molar-refractivity contribution is -0.149. The third-order valence-corrected chi connectivity index (χ3v) is 5.18. The molecule has 1 N–H and O–H groups in total. The molecular weight excluding hydrogens is 410 g/mol. The number of esters is 1. The molecule has 1 aliphatic heterocycles. The molecule has 2 heterocycles. The molecule has 0 spiro atoms. The van der Waals surface area contributed by atoms with Crippen molar-refractivity contribution in [2.24, 2.45) is 0 Å². The van der Waals surface area contributed by atoms with E-state index in [1.54, 1.807) is 36.4 Å². The van der Waals surface area contributed by atoms with Gasteiger partial charge in [-0.1, -0.05) is 30.7 Å². The minimum atomic E-state index is -0.994. The van der Waals surface area contributed by atoms with Crippen LogP contribution in [0.4, 0.5) is 5.69 Å². The third-order valence-electron chi connectivity index (χ3n) is 4.83. The van der Waals surface area contributed by atoms with Gasteiger partial charge >= 0.3 is 11.6 Å². The number of para-hydroxylation sites is 2. The first-order valence-electron chi connectivity index (χ1n) is 9.42. The van der Waals surface area contributed by atoms with E-state index in [9.17, 15) is 14.4 Å². The number of hydrogen-bond donors (Lipinski definition) is 1. The first kappa shape index (κ1) is 20.0. The lowest BCUT2D eigenvalue weighted by Gasteiger charge is -2.25. The van der Waals surface area contributed by atoms with E-state index in [0.717, 1.165) is 5.56 Å². The van der Waals surface area contributed by atoms with Crippen LogP contribution in [0.1, 0.15) is 24.5 Å². The summed E-state index contributed by atoms with van der Waals surface area (Å²) in [5, 5.41) is 3.83. The second-order valence-corrected chi connectivity index (χ2v) is 7.25. The molecule has 0 radical (unpaired) electrons. The number of aryl methyl sites for hydroxylation is 1. The summed E-state index contributed by atoms with van der Waals surface area (Å²) < 4.78 is 16.2. The Morgan fingerprint density at radius 2 is 1.97 bits per heavy atom. The van der Waals surface area contributed by atoms with Crippen molar-refractivity contribution in [3.63, 3.8) is 0 Å². The molecule has 0 unspecified atom stereocenters. The Bertz CT molecular complexity index is 1200. The molecule has 4 rings (SSSR count). The van der Waals surface area contributed by atoms with Crippen LogP contribution >= 0.6 is 11.6 Å². The van der Waals surface area contributed by atoms with E-state index in [-0.39, 0.29) is 13.0 Å². The standard InChI is InChI=1S/C22H18ClNO6/c1-2-12-7-18-14(9-15(12)23)13(8-21(26)30-18)11-28-20(25)10-19-22(27)24-16-5-3-4-6-17(16)29-19/h3-9,19H,2,10-11H2,1H3,(H,24,27)/t19-/m1/s1. The number of amides is 1. The van der Waals surface area contributed by atoms with Crippen molar-refractivity contribution >= 4 is 40.1 Å². The maximum Gasteiger partial charge on any atom is 0.336 e. The summed E-state index contributed by atoms with van der Waals surface area (Å²) in [5.74, 6) is -0.564. The van der Waals surface area contributed by atoms with Crippen LogP contribution in [0.25, 0.3) is 11.0 Å². The van der Waals surface area contributed by atoms with Crippen LogP contribution in [-0.2, 0) is 27.4 Å². The van der Waals surface area contributed by atoms with Crippen LogP contribution in [0.15, 0.2) is 51.7 Å². The molecule has 1 atom stereocenters. The van der Waals surface area contributed by atoms with E-state index < -0.39 is 23.6 Å². The molecule has 8 heteroatoms. The SMILES string of the molecule is CCc1cc2oc(=O)cc(COC(=O)C[C@H]3Oc4ccccc4NC3=O)c2cc1Cl. The number of anilines is 1. The predicted octanol–water partition coefficient (Wildman–Crippen LogP) is 3.84. The van der Waals surface area contributed by atoms with Gasteiger partial charge in [0.1, 0.15) is 17.9 Å². The molecule has 7 nitrogen and oxygen atoms in total. The fraction of sp³-hybridized carbons (Fsp3) is 0.227. The molecule has 154 valence electrons. The molecule has 3 aromatic rings. The highest BCUT2D eigenvalue weighted by Gasteiger charge is 2.30. The molecule has 1 aromatic heterocycles. The molecule has 0 bridgehead atoms. The zero-order chi connectivity index (χ0) is 21.3. The number of hydrogen-bond acceptors (Lipinski definition) is 6. The Kier molecular flexibility index (Phi) is 5.46. The van der Waals surface area contributed by atoms with Crippen molar-refractivity contribution in [2.75, 3.05) is 5.32 Å². The van der Waals surface area contributed by atoms with E-state index in [0.29, 0.717) is 39.4 Å². The summed E-state index contributed by atoms with van der Waals surface area (Å²) >= 11 is 6.28. The van der Waals surface area contributed by atoms with Crippen molar-refractivity contribution in [2.45, 2.75) is 32.5 Å². The van der Waals surface area contributed by atoms with Crippen LogP contribution in [0.3, 0.4) is 0 Å². The van der Waals surface area contributed by atoms with Gasteiger partial charge in [-0.05, 0) is 36.2 Å². The summed E-state index contributed by atoms with van der Waals surface area (Å²) in [6, 6.07) is 11.6. The van der Waals surface area contributed by atoms with E-state index >= 15 is 0 Å². The average molecular weight is 428 g/mol. The molecule has 0 aliphatic carbocycles. The average Bonchev–Trinajstić information content (AvgIpc) is 2.72. The second-order valence-electron chi connectivity index (χ2n) is 6.84. The number of benzene rings is 2. The van der Waals surface area contributed by atoms with Gasteiger partial charge in [-0.15, -0.1) is 0 Å². The number of halogens is 1. The first-order chi connectivity index (χ1) is 14.4. The fourth-order valence-corrected chi connectivity index (χ4v) is 3.57. The number of ether oxygens (including phenoxy) is 2. The van der Waals surface area contributed by atoms with Gasteiger partial charge < -0.3 is 19.2 Å². The summed E-state index contributed by atoms with van der Waals surface area (Å²) in [6.07, 6.45) is -0.573. The van der Waals surface area contributed by atoms with E-state index in [2.05, 4.69) is 5.32 Å². The van der Waals surface area contributed by atoms with Crippen LogP contribution in [0, 0.1) is 0 Å². The van der Waals surface area contributed by atoms with E-state index in [1.165, 1.54) is 6.07 Å². The van der Waals surface area contributed by atoms with Crippen molar-refractivity contribution in [3.05, 3.63) is 69.0 Å². The summed E-state index contributed by atoms with van der Waals surface area (Å²) in [6.45, 7) is 1.78. The van der Waals surface area contributed by atoms with Crippen LogP contribution in [0.5, 0.6) is 5.75 Å². The molecule has 1 aliphatic rings. The quantitative estimate of drug-likeness (QED) is 0.491. The maximum absolute atomic E-state index is 12.3. The lowest BCUT2D eigenvalue weighted by Crippen LogP contribution is -2.38. The van der Waals surface area contributed by atoms with E-state index in [4.69, 9.17) is 25.5 Å². The normalized spacial score (nSPS) is 15.3. The molecule has 2 aromatic carbocycles. The Hall–Kier alpha value is -3.32. The van der Waals surface area contributed by atoms with Gasteiger partial charge in [0.25, 0.3) is 5.91 Å². The molecule has 1 amide bonds. The number of fused-ring (bicyclic) bond motifs is 2. The highest BCUT2D eigenvalue weighted by molar-refractivity contribution is 6.32. The van der Waals surface area contributed by atoms with Gasteiger partial charge in [0.05, 0.1) is 12.1 Å². The highest BCUT2D eigenvalue weighted by atomic mass is 35.5. The Balaban J connectivity index is 1.48. The van der Waals surface area contributed by atoms with Crippen molar-refractivity contribution in [3.8, 4) is 5.75 Å². The van der Waals surface area contributed by atoms with Gasteiger partial charge in [0.2, 0.25) is 0 Å². The molecular formula is C22H18ClNO6. The minimum Gasteiger partial charge on any atom is -0.478 e. The predicted molar refractivity (Wildman–Crippen MR) is 111 cm³/mol. The molecule has 30 heavy (non-hydrogen) atoms. The van der Waals surface area contributed by atoms with Gasteiger partial charge in [-0.2, -0.15) is 0 Å². The smallest absolute Gasteiger partial charge is 0.336 e. The van der Waals surface area contributed by atoms with Crippen molar-refractivity contribution in [1.29, 1.82) is 0 Å². The summed E-state index contributed by atoms with van der Waals surface area (Å²) in [5.41, 5.74) is 1.70. The van der Waals surface area contributed by atoms with Crippen molar-refractivity contribution in [1.82, 2.24) is 0 Å². The molecule has 0 saturated heterocycles. The van der Waals surface area contributed by atoms with Crippen LogP contribution in [-0.4, -0.2) is 18.0 Å². The van der Waals surface area contributed by atoms with Crippen molar-refractivity contribution < 1.29 is 23.5 Å². The van der Waals surface area contributed by atoms with Crippen LogP contribution < -0.4 is 15.7 Å². The van der Waals surface area contributed by atoms with Gasteiger partial charge in [0.15, 0.2) is 6.10 Å². The first-order valence-corrected chi connectivity index (χ1v) is 9.79. The zero-order valence-electron chi connectivity index (χ0n) is 16.1. The van der Waals surface area contributed by atoms with Gasteiger partial charge in [0, 0.05) is 22.0 Å². The Morgan fingerprint density at radius 3 is 2.77 bits per heavy atom.